The number of nitrogens with zero attached hydrogens (tertiary/aromatic N) is 4. The van der Waals surface area contributed by atoms with Gasteiger partial charge in [0.25, 0.3) is 0 Å². The molecule has 0 aromatic heterocycles. The fourth-order valence-electron chi connectivity index (χ4n) is 2.93. The van der Waals surface area contributed by atoms with Gasteiger partial charge in [0, 0.05) is 5.57 Å². The molecule has 2 rings (SSSR count). The SMILES string of the molecule is CC1(F)C2=C(F)C(C(C#N)C#N)C(F)=C(F)C2=C(F)C(=C(C#N)C#N)C1F. The summed E-state index contributed by atoms with van der Waals surface area (Å²) in [4.78, 5) is 0. The van der Waals surface area contributed by atoms with E-state index >= 15 is 4.39 Å². The van der Waals surface area contributed by atoms with Crippen LogP contribution in [0.2, 0.25) is 0 Å². The van der Waals surface area contributed by atoms with E-state index in [2.05, 4.69) is 0 Å². The van der Waals surface area contributed by atoms with Crippen molar-refractivity contribution in [2.75, 3.05) is 0 Å². The first-order chi connectivity index (χ1) is 12.6. The van der Waals surface area contributed by atoms with E-state index < -0.39 is 69.3 Å². The third-order valence-electron chi connectivity index (χ3n) is 4.24. The van der Waals surface area contributed by atoms with Crippen LogP contribution in [0.4, 0.5) is 26.3 Å². The molecule has 0 amide bonds. The summed E-state index contributed by atoms with van der Waals surface area (Å²) in [5, 5.41) is 35.2. The first kappa shape index (κ1) is 19.8. The van der Waals surface area contributed by atoms with Gasteiger partial charge in [-0.1, -0.05) is 0 Å². The van der Waals surface area contributed by atoms with E-state index in [4.69, 9.17) is 21.0 Å². The number of alkyl halides is 2. The average molecular weight is 380 g/mol. The molecule has 0 spiro atoms. The third-order valence-corrected chi connectivity index (χ3v) is 4.24. The number of hydrogen-bond donors (Lipinski definition) is 0. The van der Waals surface area contributed by atoms with E-state index in [-0.39, 0.29) is 0 Å². The molecule has 0 N–H and O–H groups in total. The summed E-state index contributed by atoms with van der Waals surface area (Å²) in [6, 6.07) is 4.61. The molecule has 0 aromatic rings. The predicted molar refractivity (Wildman–Crippen MR) is 76.4 cm³/mol. The largest absolute Gasteiger partial charge is 0.238 e. The first-order valence-corrected chi connectivity index (χ1v) is 7.12. The van der Waals surface area contributed by atoms with E-state index in [9.17, 15) is 22.0 Å². The molecule has 0 fully saturated rings. The Balaban J connectivity index is 3.02. The Bertz CT molecular complexity index is 990. The van der Waals surface area contributed by atoms with Gasteiger partial charge in [-0.15, -0.1) is 0 Å². The summed E-state index contributed by atoms with van der Waals surface area (Å²) in [7, 11) is 0. The van der Waals surface area contributed by atoms with Crippen LogP contribution >= 0.6 is 0 Å². The zero-order valence-corrected chi connectivity index (χ0v) is 13.3. The highest BCUT2D eigenvalue weighted by Gasteiger charge is 2.56. The van der Waals surface area contributed by atoms with Crippen LogP contribution in [0.3, 0.4) is 0 Å². The second kappa shape index (κ2) is 6.67. The lowest BCUT2D eigenvalue weighted by molar-refractivity contribution is 0.114. The minimum Gasteiger partial charge on any atom is -0.238 e. The van der Waals surface area contributed by atoms with Gasteiger partial charge in [-0.05, 0) is 6.92 Å². The van der Waals surface area contributed by atoms with Crippen molar-refractivity contribution >= 4 is 0 Å². The van der Waals surface area contributed by atoms with E-state index in [0.29, 0.717) is 6.92 Å². The Kier molecular flexibility index (Phi) is 4.89. The number of hydrogen-bond acceptors (Lipinski definition) is 4. The summed E-state index contributed by atoms with van der Waals surface area (Å²) >= 11 is 0. The van der Waals surface area contributed by atoms with Crippen molar-refractivity contribution < 1.29 is 26.3 Å². The summed E-state index contributed by atoms with van der Waals surface area (Å²) in [5.41, 5.74) is -9.42. The van der Waals surface area contributed by atoms with Crippen molar-refractivity contribution in [2.24, 2.45) is 11.8 Å². The Hall–Kier alpha value is -3.50. The van der Waals surface area contributed by atoms with Crippen LogP contribution in [0, 0.1) is 57.2 Å². The highest BCUT2D eigenvalue weighted by molar-refractivity contribution is 5.67. The van der Waals surface area contributed by atoms with Crippen LogP contribution in [0.5, 0.6) is 0 Å². The Morgan fingerprint density at radius 3 is 1.93 bits per heavy atom. The lowest BCUT2D eigenvalue weighted by Gasteiger charge is -2.38. The third kappa shape index (κ3) is 2.58. The summed E-state index contributed by atoms with van der Waals surface area (Å²) in [5.74, 6) is -12.8. The van der Waals surface area contributed by atoms with Gasteiger partial charge in [0.05, 0.1) is 29.2 Å². The molecule has 0 saturated carbocycles. The van der Waals surface area contributed by atoms with Gasteiger partial charge in [0.1, 0.15) is 41.1 Å². The molecule has 4 nitrogen and oxygen atoms in total. The van der Waals surface area contributed by atoms with Gasteiger partial charge in [-0.25, -0.2) is 26.3 Å². The zero-order valence-electron chi connectivity index (χ0n) is 13.3. The van der Waals surface area contributed by atoms with E-state index in [1.165, 1.54) is 12.1 Å². The van der Waals surface area contributed by atoms with Crippen LogP contribution in [-0.2, 0) is 0 Å². The van der Waals surface area contributed by atoms with Crippen molar-refractivity contribution in [3.05, 3.63) is 45.6 Å². The molecular formula is C17H6F6N4. The molecule has 3 unspecified atom stereocenters. The maximum Gasteiger partial charge on any atom is 0.171 e. The molecule has 0 heterocycles. The smallest absolute Gasteiger partial charge is 0.171 e. The highest BCUT2D eigenvalue weighted by atomic mass is 19.2. The molecule has 0 bridgehead atoms. The van der Waals surface area contributed by atoms with Crippen molar-refractivity contribution in [1.82, 2.24) is 0 Å². The average Bonchev–Trinajstić information content (AvgIpc) is 2.63. The van der Waals surface area contributed by atoms with Gasteiger partial charge in [0.2, 0.25) is 0 Å². The van der Waals surface area contributed by atoms with E-state index in [0.717, 1.165) is 12.1 Å². The van der Waals surface area contributed by atoms with E-state index in [1.54, 1.807) is 0 Å². The van der Waals surface area contributed by atoms with Crippen LogP contribution in [0.1, 0.15) is 6.92 Å². The molecule has 3 atom stereocenters. The fraction of sp³-hybridized carbons (Fsp3) is 0.294. The second-order valence-electron chi connectivity index (χ2n) is 5.74. The van der Waals surface area contributed by atoms with Crippen molar-refractivity contribution in [3.8, 4) is 24.3 Å². The second-order valence-corrected chi connectivity index (χ2v) is 5.74. The van der Waals surface area contributed by atoms with Gasteiger partial charge < -0.3 is 0 Å². The molecule has 27 heavy (non-hydrogen) atoms. The Morgan fingerprint density at radius 1 is 0.963 bits per heavy atom. The normalized spacial score (nSPS) is 27.6. The molecular weight excluding hydrogens is 374 g/mol. The monoisotopic (exact) mass is 380 g/mol. The molecule has 2 aliphatic rings. The zero-order chi connectivity index (χ0) is 20.7. The maximum absolute atomic E-state index is 15.0. The Morgan fingerprint density at radius 2 is 1.48 bits per heavy atom. The maximum atomic E-state index is 15.0. The van der Waals surface area contributed by atoms with Gasteiger partial charge in [0.15, 0.2) is 17.7 Å². The molecule has 2 aliphatic carbocycles. The van der Waals surface area contributed by atoms with Gasteiger partial charge >= 0.3 is 0 Å². The van der Waals surface area contributed by atoms with Crippen molar-refractivity contribution in [1.29, 1.82) is 21.0 Å². The molecule has 0 aliphatic heterocycles. The van der Waals surface area contributed by atoms with Crippen LogP contribution in [0.15, 0.2) is 45.6 Å². The van der Waals surface area contributed by atoms with E-state index in [1.807, 2.05) is 0 Å². The number of fused-ring (bicyclic) bond motifs is 1. The quantitative estimate of drug-likeness (QED) is 0.500. The molecule has 0 radical (unpaired) electrons. The predicted octanol–water partition coefficient (Wildman–Crippen LogP) is 4.30. The van der Waals surface area contributed by atoms with Crippen molar-refractivity contribution in [2.45, 2.75) is 18.8 Å². The van der Waals surface area contributed by atoms with Crippen LogP contribution in [0.25, 0.3) is 0 Å². The van der Waals surface area contributed by atoms with Gasteiger partial charge in [-0.3, -0.25) is 0 Å². The molecule has 10 heteroatoms. The number of allylic oxidation sites excluding steroid dienone is 8. The van der Waals surface area contributed by atoms with Gasteiger partial charge in [-0.2, -0.15) is 21.0 Å². The fourth-order valence-corrected chi connectivity index (χ4v) is 2.93. The van der Waals surface area contributed by atoms with Crippen molar-refractivity contribution in [3.63, 3.8) is 0 Å². The molecule has 136 valence electrons. The summed E-state index contributed by atoms with van der Waals surface area (Å²) < 4.78 is 87.7. The molecule has 0 saturated heterocycles. The lowest BCUT2D eigenvalue weighted by atomic mass is 9.70. The minimum absolute atomic E-state index is 0.382. The van der Waals surface area contributed by atoms with Crippen LogP contribution in [-0.4, -0.2) is 11.8 Å². The first-order valence-electron chi connectivity index (χ1n) is 7.12. The highest BCUT2D eigenvalue weighted by Crippen LogP contribution is 2.55. The number of halogens is 6. The minimum atomic E-state index is -3.52. The summed E-state index contributed by atoms with van der Waals surface area (Å²) in [6.07, 6.45) is -3.10. The summed E-state index contributed by atoms with van der Waals surface area (Å²) in [6.45, 7) is 0.382. The number of nitriles is 4. The lowest BCUT2D eigenvalue weighted by Crippen LogP contribution is -2.43. The number of rotatable bonds is 1. The standard InChI is InChI=1S/C17H6F6N4/c1-17(23)11-10(12(18)9(16(17)22)7(4-26)5-27)15(21)14(20)8(13(11)19)6(2-24)3-25/h6,8,16H,1H3. The Labute approximate surface area is 148 Å². The van der Waals surface area contributed by atoms with Crippen LogP contribution < -0.4 is 0 Å². The molecule has 0 aromatic carbocycles. The topological polar surface area (TPSA) is 95.2 Å².